The Kier molecular flexibility index (Phi) is 5.37. The molecule has 0 saturated carbocycles. The number of allylic oxidation sites excluding steroid dienone is 1. The lowest BCUT2D eigenvalue weighted by Crippen LogP contribution is -2.35. The quantitative estimate of drug-likeness (QED) is 0.616. The van der Waals surface area contributed by atoms with Crippen molar-refractivity contribution in [2.24, 2.45) is 0 Å². The van der Waals surface area contributed by atoms with E-state index >= 15 is 0 Å². The van der Waals surface area contributed by atoms with Crippen molar-refractivity contribution in [3.05, 3.63) is 11.6 Å². The van der Waals surface area contributed by atoms with Gasteiger partial charge >= 0.3 is 0 Å². The fraction of sp³-hybridized carbons (Fsp3) is 0.667. The van der Waals surface area contributed by atoms with Gasteiger partial charge in [-0.2, -0.15) is 0 Å². The van der Waals surface area contributed by atoms with Gasteiger partial charge in [0.1, 0.15) is 0 Å². The van der Waals surface area contributed by atoms with Crippen LogP contribution in [0, 0.1) is 0 Å². The van der Waals surface area contributed by atoms with Crippen molar-refractivity contribution in [1.29, 1.82) is 0 Å². The van der Waals surface area contributed by atoms with E-state index < -0.39 is 0 Å². The van der Waals surface area contributed by atoms with Crippen LogP contribution in [0.15, 0.2) is 11.6 Å². The van der Waals surface area contributed by atoms with E-state index in [0.29, 0.717) is 5.57 Å². The zero-order valence-electron chi connectivity index (χ0n) is 7.92. The molecule has 0 aromatic heterocycles. The number of carbonyl (C=O) groups excluding carboxylic acids is 1. The summed E-state index contributed by atoms with van der Waals surface area (Å²) in [4.78, 5) is 11.2. The van der Waals surface area contributed by atoms with Crippen LogP contribution in [0.1, 0.15) is 27.2 Å². The van der Waals surface area contributed by atoms with Crippen molar-refractivity contribution >= 4 is 5.91 Å². The summed E-state index contributed by atoms with van der Waals surface area (Å²) in [5.74, 6) is -0.0987. The third-order valence-electron chi connectivity index (χ3n) is 1.52. The lowest BCUT2D eigenvalue weighted by atomic mass is 10.2. The van der Waals surface area contributed by atoms with Gasteiger partial charge in [0.25, 0.3) is 0 Å². The number of nitrogens with one attached hydrogen (secondary N) is 1. The van der Waals surface area contributed by atoms with Crippen LogP contribution in [0.4, 0.5) is 0 Å². The molecule has 1 atom stereocenters. The number of aliphatic hydroxyl groups excluding tert-OH is 1. The minimum atomic E-state index is -0.169. The maximum Gasteiger partial charge on any atom is 0.246 e. The fourth-order valence-electron chi connectivity index (χ4n) is 0.782. The highest BCUT2D eigenvalue weighted by Gasteiger charge is 2.06. The van der Waals surface area contributed by atoms with Gasteiger partial charge < -0.3 is 10.4 Å². The van der Waals surface area contributed by atoms with Crippen LogP contribution >= 0.6 is 0 Å². The molecule has 0 radical (unpaired) electrons. The van der Waals surface area contributed by atoms with E-state index in [1.165, 1.54) is 0 Å². The third kappa shape index (κ3) is 4.13. The number of hydrogen-bond acceptors (Lipinski definition) is 2. The Balaban J connectivity index is 3.95. The number of hydrogen-bond donors (Lipinski definition) is 2. The molecule has 0 fully saturated rings. The van der Waals surface area contributed by atoms with Crippen LogP contribution in [0.3, 0.4) is 0 Å². The number of carbonyl (C=O) groups is 1. The van der Waals surface area contributed by atoms with E-state index in [4.69, 9.17) is 5.11 Å². The summed E-state index contributed by atoms with van der Waals surface area (Å²) in [7, 11) is 0. The Labute approximate surface area is 73.5 Å². The average molecular weight is 171 g/mol. The summed E-state index contributed by atoms with van der Waals surface area (Å²) in [6, 6.07) is -0.169. The zero-order valence-corrected chi connectivity index (χ0v) is 7.92. The highest BCUT2D eigenvalue weighted by Crippen LogP contribution is 1.95. The second-order valence-electron chi connectivity index (χ2n) is 2.85. The smallest absolute Gasteiger partial charge is 0.246 e. The number of amides is 1. The summed E-state index contributed by atoms with van der Waals surface area (Å²) in [6.07, 6.45) is 2.71. The van der Waals surface area contributed by atoms with E-state index in [0.717, 1.165) is 6.42 Å². The maximum atomic E-state index is 11.2. The monoisotopic (exact) mass is 171 g/mol. The predicted octanol–water partition coefficient (Wildman–Crippen LogP) is 0.840. The molecule has 0 bridgehead atoms. The predicted molar refractivity (Wildman–Crippen MR) is 48.7 cm³/mol. The van der Waals surface area contributed by atoms with Gasteiger partial charge in [-0.15, -0.1) is 0 Å². The van der Waals surface area contributed by atoms with Gasteiger partial charge in [-0.3, -0.25) is 4.79 Å². The van der Waals surface area contributed by atoms with Crippen molar-refractivity contribution in [3.8, 4) is 0 Å². The van der Waals surface area contributed by atoms with Crippen molar-refractivity contribution in [3.63, 3.8) is 0 Å². The highest BCUT2D eigenvalue weighted by molar-refractivity contribution is 5.92. The van der Waals surface area contributed by atoms with Gasteiger partial charge in [-0.25, -0.2) is 0 Å². The molecule has 3 heteroatoms. The topological polar surface area (TPSA) is 49.3 Å². The van der Waals surface area contributed by atoms with E-state index in [1.807, 2.05) is 13.0 Å². The van der Waals surface area contributed by atoms with Gasteiger partial charge in [-0.05, 0) is 20.3 Å². The molecule has 0 heterocycles. The van der Waals surface area contributed by atoms with Crippen LogP contribution in [0.25, 0.3) is 0 Å². The SMILES string of the molecule is CC/C=C(\C)C(=O)NC(C)CO. The van der Waals surface area contributed by atoms with Crippen molar-refractivity contribution in [2.75, 3.05) is 6.61 Å². The molecule has 12 heavy (non-hydrogen) atoms. The molecular weight excluding hydrogens is 154 g/mol. The minimum absolute atomic E-state index is 0.0227. The molecule has 0 aromatic carbocycles. The molecule has 1 amide bonds. The Bertz CT molecular complexity index is 175. The number of aliphatic hydroxyl groups is 1. The summed E-state index contributed by atoms with van der Waals surface area (Å²) >= 11 is 0. The van der Waals surface area contributed by atoms with Crippen molar-refractivity contribution < 1.29 is 9.90 Å². The Hall–Kier alpha value is -0.830. The van der Waals surface area contributed by atoms with Crippen molar-refractivity contribution in [2.45, 2.75) is 33.2 Å². The Morgan fingerprint density at radius 3 is 2.67 bits per heavy atom. The first-order chi connectivity index (χ1) is 5.61. The van der Waals surface area contributed by atoms with Gasteiger partial charge in [-0.1, -0.05) is 13.0 Å². The normalized spacial score (nSPS) is 14.2. The van der Waals surface area contributed by atoms with Crippen LogP contribution in [-0.4, -0.2) is 23.7 Å². The zero-order chi connectivity index (χ0) is 9.56. The molecule has 0 aliphatic heterocycles. The molecule has 2 N–H and O–H groups in total. The van der Waals surface area contributed by atoms with Crippen LogP contribution in [0.5, 0.6) is 0 Å². The van der Waals surface area contributed by atoms with Crippen LogP contribution in [0.2, 0.25) is 0 Å². The van der Waals surface area contributed by atoms with E-state index in [2.05, 4.69) is 5.32 Å². The van der Waals surface area contributed by atoms with Gasteiger partial charge in [0.15, 0.2) is 0 Å². The first kappa shape index (κ1) is 11.2. The van der Waals surface area contributed by atoms with Crippen LogP contribution < -0.4 is 5.32 Å². The molecule has 70 valence electrons. The lowest BCUT2D eigenvalue weighted by Gasteiger charge is -2.10. The average Bonchev–Trinajstić information content (AvgIpc) is 2.04. The molecule has 0 saturated heterocycles. The molecule has 0 aliphatic rings. The standard InChI is InChI=1S/C9H17NO2/c1-4-5-7(2)9(12)10-8(3)6-11/h5,8,11H,4,6H2,1-3H3,(H,10,12)/b7-5+. The van der Waals surface area contributed by atoms with E-state index in [1.54, 1.807) is 13.8 Å². The maximum absolute atomic E-state index is 11.2. The summed E-state index contributed by atoms with van der Waals surface area (Å²) in [5, 5.41) is 11.3. The number of rotatable bonds is 4. The molecule has 1 unspecified atom stereocenters. The minimum Gasteiger partial charge on any atom is -0.394 e. The van der Waals surface area contributed by atoms with E-state index in [-0.39, 0.29) is 18.6 Å². The molecule has 3 nitrogen and oxygen atoms in total. The summed E-state index contributed by atoms with van der Waals surface area (Å²) in [6.45, 7) is 5.48. The lowest BCUT2D eigenvalue weighted by molar-refractivity contribution is -0.118. The highest BCUT2D eigenvalue weighted by atomic mass is 16.3. The van der Waals surface area contributed by atoms with Crippen molar-refractivity contribution in [1.82, 2.24) is 5.32 Å². The Morgan fingerprint density at radius 2 is 2.25 bits per heavy atom. The fourth-order valence-corrected chi connectivity index (χ4v) is 0.782. The summed E-state index contributed by atoms with van der Waals surface area (Å²) in [5.41, 5.74) is 0.706. The molecule has 0 rings (SSSR count). The third-order valence-corrected chi connectivity index (χ3v) is 1.52. The van der Waals surface area contributed by atoms with Crippen LogP contribution in [-0.2, 0) is 4.79 Å². The molecule has 0 aromatic rings. The first-order valence-electron chi connectivity index (χ1n) is 4.20. The van der Waals surface area contributed by atoms with Gasteiger partial charge in [0, 0.05) is 11.6 Å². The summed E-state index contributed by atoms with van der Waals surface area (Å²) < 4.78 is 0. The largest absolute Gasteiger partial charge is 0.394 e. The first-order valence-corrected chi connectivity index (χ1v) is 4.20. The van der Waals surface area contributed by atoms with Gasteiger partial charge in [0.2, 0.25) is 5.91 Å². The molecular formula is C9H17NO2. The Morgan fingerprint density at radius 1 is 1.67 bits per heavy atom. The second-order valence-corrected chi connectivity index (χ2v) is 2.85. The molecule has 0 spiro atoms. The second kappa shape index (κ2) is 5.77. The molecule has 0 aliphatic carbocycles. The van der Waals surface area contributed by atoms with E-state index in [9.17, 15) is 4.79 Å². The van der Waals surface area contributed by atoms with Gasteiger partial charge in [0.05, 0.1) is 6.61 Å².